The Hall–Kier alpha value is -2.11. The highest BCUT2D eigenvalue weighted by Crippen LogP contribution is 2.24. The predicted octanol–water partition coefficient (Wildman–Crippen LogP) is 3.64. The van der Waals surface area contributed by atoms with E-state index in [4.69, 9.17) is 4.52 Å². The Bertz CT molecular complexity index is 715. The summed E-state index contributed by atoms with van der Waals surface area (Å²) in [5.74, 6) is 0.946. The van der Waals surface area contributed by atoms with Crippen LogP contribution in [0.15, 0.2) is 10.6 Å². The first-order valence-corrected chi connectivity index (χ1v) is 8.30. The largest absolute Gasteiger partial charge is 0.361 e. The zero-order chi connectivity index (χ0) is 18.2. The van der Waals surface area contributed by atoms with E-state index in [9.17, 15) is 4.79 Å². The second-order valence-corrected chi connectivity index (χ2v) is 7.66. The molecule has 6 heteroatoms. The fourth-order valence-electron chi connectivity index (χ4n) is 2.68. The molecule has 132 valence electrons. The van der Waals surface area contributed by atoms with Crippen molar-refractivity contribution in [2.45, 2.75) is 66.5 Å². The fourth-order valence-corrected chi connectivity index (χ4v) is 2.68. The molecule has 2 aromatic rings. The first kappa shape index (κ1) is 18.2. The summed E-state index contributed by atoms with van der Waals surface area (Å²) in [5.41, 5.74) is 3.14. The topological polar surface area (TPSA) is 64.2 Å². The molecule has 2 rings (SSSR count). The molecule has 6 nitrogen and oxygen atoms in total. The maximum atomic E-state index is 12.8. The van der Waals surface area contributed by atoms with Gasteiger partial charge in [-0.15, -0.1) is 0 Å². The Kier molecular flexibility index (Phi) is 4.87. The van der Waals surface area contributed by atoms with Crippen LogP contribution >= 0.6 is 0 Å². The van der Waals surface area contributed by atoms with Crippen molar-refractivity contribution in [3.8, 4) is 0 Å². The van der Waals surface area contributed by atoms with Crippen LogP contribution in [0.4, 0.5) is 0 Å². The number of carbonyl (C=O) groups is 1. The molecular weight excluding hydrogens is 304 g/mol. The van der Waals surface area contributed by atoms with E-state index < -0.39 is 0 Å². The van der Waals surface area contributed by atoms with Crippen LogP contribution in [0, 0.1) is 13.8 Å². The second-order valence-electron chi connectivity index (χ2n) is 7.66. The molecule has 0 N–H and O–H groups in total. The monoisotopic (exact) mass is 332 g/mol. The molecule has 2 heterocycles. The number of aryl methyl sites for hydroxylation is 2. The van der Waals surface area contributed by atoms with Crippen molar-refractivity contribution in [3.05, 3.63) is 34.5 Å². The molecule has 0 spiro atoms. The molecule has 24 heavy (non-hydrogen) atoms. The van der Waals surface area contributed by atoms with Crippen molar-refractivity contribution in [1.82, 2.24) is 19.8 Å². The van der Waals surface area contributed by atoms with Gasteiger partial charge in [-0.2, -0.15) is 5.10 Å². The fraction of sp³-hybridized carbons (Fsp3) is 0.611. The van der Waals surface area contributed by atoms with Gasteiger partial charge in [0.2, 0.25) is 0 Å². The number of amides is 1. The number of rotatable bonds is 4. The maximum Gasteiger partial charge on any atom is 0.274 e. The average molecular weight is 332 g/mol. The van der Waals surface area contributed by atoms with Crippen molar-refractivity contribution in [2.24, 2.45) is 0 Å². The average Bonchev–Trinajstić information content (AvgIpc) is 3.05. The van der Waals surface area contributed by atoms with Crippen LogP contribution in [0.3, 0.4) is 0 Å². The Morgan fingerprint density at radius 1 is 1.33 bits per heavy atom. The van der Waals surface area contributed by atoms with Crippen LogP contribution in [0.25, 0.3) is 0 Å². The minimum Gasteiger partial charge on any atom is -0.361 e. The third-order valence-electron chi connectivity index (χ3n) is 4.11. The zero-order valence-corrected chi connectivity index (χ0v) is 16.0. The van der Waals surface area contributed by atoms with Crippen LogP contribution in [0.2, 0.25) is 0 Å². The molecular formula is C18H28N4O2. The van der Waals surface area contributed by atoms with Crippen molar-refractivity contribution < 1.29 is 9.32 Å². The Morgan fingerprint density at radius 3 is 2.38 bits per heavy atom. The lowest BCUT2D eigenvalue weighted by Crippen LogP contribution is -2.29. The molecule has 0 aliphatic carbocycles. The van der Waals surface area contributed by atoms with Gasteiger partial charge in [-0.1, -0.05) is 19.0 Å². The van der Waals surface area contributed by atoms with Gasteiger partial charge in [0, 0.05) is 18.3 Å². The van der Waals surface area contributed by atoms with Gasteiger partial charge in [-0.3, -0.25) is 9.48 Å². The van der Waals surface area contributed by atoms with Gasteiger partial charge in [-0.05, 0) is 46.6 Å². The molecule has 1 amide bonds. The van der Waals surface area contributed by atoms with Gasteiger partial charge in [0.15, 0.2) is 5.69 Å². The summed E-state index contributed by atoms with van der Waals surface area (Å²) < 4.78 is 7.13. The van der Waals surface area contributed by atoms with Crippen LogP contribution < -0.4 is 0 Å². The minimum atomic E-state index is -0.168. The molecule has 0 fully saturated rings. The number of nitrogens with zero attached hydrogens (tertiary/aromatic N) is 4. The van der Waals surface area contributed by atoms with Gasteiger partial charge in [0.05, 0.1) is 17.8 Å². The normalized spacial score (nSPS) is 12.0. The Labute approximate surface area is 143 Å². The van der Waals surface area contributed by atoms with E-state index in [-0.39, 0.29) is 11.4 Å². The van der Waals surface area contributed by atoms with Gasteiger partial charge in [-0.25, -0.2) is 0 Å². The Balaban J connectivity index is 2.29. The van der Waals surface area contributed by atoms with Gasteiger partial charge in [0.1, 0.15) is 5.76 Å². The lowest BCUT2D eigenvalue weighted by molar-refractivity contribution is 0.0777. The van der Waals surface area contributed by atoms with E-state index in [0.29, 0.717) is 18.2 Å². The smallest absolute Gasteiger partial charge is 0.274 e. The summed E-state index contributed by atoms with van der Waals surface area (Å²) in [4.78, 5) is 14.5. The second kappa shape index (κ2) is 6.42. The van der Waals surface area contributed by atoms with E-state index in [1.807, 2.05) is 24.6 Å². The summed E-state index contributed by atoms with van der Waals surface area (Å²) in [6, 6.07) is 1.90. The molecule has 0 unspecified atom stereocenters. The lowest BCUT2D eigenvalue weighted by Gasteiger charge is -2.23. The van der Waals surface area contributed by atoms with Crippen molar-refractivity contribution >= 4 is 5.91 Å². The van der Waals surface area contributed by atoms with Crippen molar-refractivity contribution in [1.29, 1.82) is 0 Å². The first-order chi connectivity index (χ1) is 11.0. The maximum absolute atomic E-state index is 12.8. The Morgan fingerprint density at radius 2 is 1.96 bits per heavy atom. The third-order valence-corrected chi connectivity index (χ3v) is 4.11. The SMILES string of the molecule is Cc1noc(C)c1CN(C)C(=O)c1cc(C(C)C)n(C(C)(C)C)n1. The number of carbonyl (C=O) groups excluding carboxylic acids is 1. The minimum absolute atomic E-state index is 0.0973. The van der Waals surface area contributed by atoms with E-state index in [2.05, 4.69) is 44.9 Å². The van der Waals surface area contributed by atoms with E-state index >= 15 is 0 Å². The summed E-state index contributed by atoms with van der Waals surface area (Å²) in [7, 11) is 1.78. The van der Waals surface area contributed by atoms with Crippen LogP contribution in [0.5, 0.6) is 0 Å². The van der Waals surface area contributed by atoms with E-state index in [0.717, 1.165) is 22.7 Å². The quantitative estimate of drug-likeness (QED) is 0.857. The molecule has 0 aliphatic rings. The van der Waals surface area contributed by atoms with E-state index in [1.165, 1.54) is 0 Å². The summed E-state index contributed by atoms with van der Waals surface area (Å²) in [6.07, 6.45) is 0. The standard InChI is InChI=1S/C18H28N4O2/c1-11(2)16-9-15(19-22(16)18(5,6)7)17(23)21(8)10-14-12(3)20-24-13(14)4/h9,11H,10H2,1-8H3. The van der Waals surface area contributed by atoms with Gasteiger partial charge < -0.3 is 9.42 Å². The molecule has 0 saturated carbocycles. The molecule has 0 bridgehead atoms. The molecule has 0 aliphatic heterocycles. The number of aromatic nitrogens is 3. The highest BCUT2D eigenvalue weighted by molar-refractivity contribution is 5.92. The molecule has 0 aromatic carbocycles. The predicted molar refractivity (Wildman–Crippen MR) is 93.1 cm³/mol. The zero-order valence-electron chi connectivity index (χ0n) is 16.0. The van der Waals surface area contributed by atoms with Gasteiger partial charge >= 0.3 is 0 Å². The number of hydrogen-bond donors (Lipinski definition) is 0. The highest BCUT2D eigenvalue weighted by Gasteiger charge is 2.25. The summed E-state index contributed by atoms with van der Waals surface area (Å²) in [5, 5.41) is 8.53. The van der Waals surface area contributed by atoms with Crippen LogP contribution in [-0.4, -0.2) is 32.8 Å². The third kappa shape index (κ3) is 3.52. The summed E-state index contributed by atoms with van der Waals surface area (Å²) >= 11 is 0. The molecule has 0 saturated heterocycles. The summed E-state index contributed by atoms with van der Waals surface area (Å²) in [6.45, 7) is 14.7. The van der Waals surface area contributed by atoms with E-state index in [1.54, 1.807) is 11.9 Å². The molecule has 0 radical (unpaired) electrons. The van der Waals surface area contributed by atoms with Crippen LogP contribution in [-0.2, 0) is 12.1 Å². The van der Waals surface area contributed by atoms with Crippen molar-refractivity contribution in [2.75, 3.05) is 7.05 Å². The first-order valence-electron chi connectivity index (χ1n) is 8.30. The highest BCUT2D eigenvalue weighted by atomic mass is 16.5. The number of hydrogen-bond acceptors (Lipinski definition) is 4. The lowest BCUT2D eigenvalue weighted by atomic mass is 10.1. The van der Waals surface area contributed by atoms with Crippen molar-refractivity contribution in [3.63, 3.8) is 0 Å². The van der Waals surface area contributed by atoms with Crippen LogP contribution in [0.1, 0.15) is 73.7 Å². The van der Waals surface area contributed by atoms with Gasteiger partial charge in [0.25, 0.3) is 5.91 Å². The molecule has 2 aromatic heterocycles. The molecule has 0 atom stereocenters.